The fourth-order valence-electron chi connectivity index (χ4n) is 3.83. The number of rotatable bonds is 6. The van der Waals surface area contributed by atoms with Gasteiger partial charge in [-0.2, -0.15) is 9.61 Å². The van der Waals surface area contributed by atoms with Gasteiger partial charge in [0.2, 0.25) is 0 Å². The van der Waals surface area contributed by atoms with E-state index in [1.165, 1.54) is 15.3 Å². The highest BCUT2D eigenvalue weighted by atomic mass is 19.1. The second-order valence-corrected chi connectivity index (χ2v) is 8.50. The first-order valence-electron chi connectivity index (χ1n) is 10.4. The molecular weight excluding hydrogens is 420 g/mol. The first-order chi connectivity index (χ1) is 15.3. The van der Waals surface area contributed by atoms with Gasteiger partial charge >= 0.3 is 0 Å². The fraction of sp³-hybridized carbons (Fsp3) is 0.429. The minimum atomic E-state index is -1.02. The van der Waals surface area contributed by atoms with Crippen LogP contribution in [0.25, 0.3) is 5.65 Å². The maximum Gasteiger partial charge on any atom is 0.274 e. The molecule has 32 heavy (non-hydrogen) atoms. The zero-order valence-corrected chi connectivity index (χ0v) is 17.6. The summed E-state index contributed by atoms with van der Waals surface area (Å²) >= 11 is 0. The van der Waals surface area contributed by atoms with Crippen molar-refractivity contribution in [3.8, 4) is 0 Å². The van der Waals surface area contributed by atoms with E-state index in [0.29, 0.717) is 36.6 Å². The van der Waals surface area contributed by atoms with Crippen LogP contribution in [0.4, 0.5) is 26.1 Å². The largest absolute Gasteiger partial charge is 0.363 e. The Balaban J connectivity index is 1.50. The minimum Gasteiger partial charge on any atom is -0.363 e. The summed E-state index contributed by atoms with van der Waals surface area (Å²) in [5.74, 6) is 0.520. The molecule has 9 nitrogen and oxygen atoms in total. The van der Waals surface area contributed by atoms with Gasteiger partial charge in [-0.1, -0.05) is 0 Å². The quantitative estimate of drug-likeness (QED) is 0.607. The highest BCUT2D eigenvalue weighted by Crippen LogP contribution is 2.33. The molecule has 1 amide bonds. The van der Waals surface area contributed by atoms with Gasteiger partial charge in [0.15, 0.2) is 5.65 Å². The van der Waals surface area contributed by atoms with Gasteiger partial charge in [0.1, 0.15) is 35.2 Å². The van der Waals surface area contributed by atoms with E-state index in [4.69, 9.17) is 0 Å². The molecule has 0 aromatic carbocycles. The maximum absolute atomic E-state index is 13.3. The smallest absolute Gasteiger partial charge is 0.274 e. The monoisotopic (exact) mass is 443 g/mol. The van der Waals surface area contributed by atoms with Crippen molar-refractivity contribution in [3.05, 3.63) is 46.5 Å². The molecule has 0 saturated heterocycles. The Bertz CT molecular complexity index is 1250. The van der Waals surface area contributed by atoms with E-state index in [0.717, 1.165) is 0 Å². The van der Waals surface area contributed by atoms with Gasteiger partial charge in [0.05, 0.1) is 12.2 Å². The van der Waals surface area contributed by atoms with Gasteiger partial charge in [-0.05, 0) is 25.0 Å². The molecule has 3 aromatic heterocycles. The Morgan fingerprint density at radius 3 is 2.66 bits per heavy atom. The van der Waals surface area contributed by atoms with Crippen molar-refractivity contribution in [1.82, 2.24) is 24.5 Å². The molecule has 0 aliphatic heterocycles. The molecule has 2 aliphatic rings. The Morgan fingerprint density at radius 2 is 2.00 bits per heavy atom. The lowest BCUT2D eigenvalue weighted by molar-refractivity contribution is 0.0949. The average molecular weight is 443 g/mol. The molecule has 0 bridgehead atoms. The number of alkyl halides is 2. The number of amides is 1. The lowest BCUT2D eigenvalue weighted by atomic mass is 9.90. The zero-order chi connectivity index (χ0) is 22.6. The first-order valence-corrected chi connectivity index (χ1v) is 10.4. The van der Waals surface area contributed by atoms with Crippen molar-refractivity contribution in [1.29, 1.82) is 0 Å². The van der Waals surface area contributed by atoms with E-state index in [-0.39, 0.29) is 22.8 Å². The molecule has 0 unspecified atom stereocenters. The second-order valence-electron chi connectivity index (χ2n) is 8.50. The number of nitrogens with one attached hydrogen (secondary N) is 2. The van der Waals surface area contributed by atoms with Crippen LogP contribution in [-0.4, -0.2) is 57.6 Å². The van der Waals surface area contributed by atoms with Crippen molar-refractivity contribution in [2.75, 3.05) is 24.3 Å². The van der Waals surface area contributed by atoms with Crippen LogP contribution in [0, 0.1) is 0 Å². The summed E-state index contributed by atoms with van der Waals surface area (Å²) < 4.78 is 29.5. The second kappa shape index (κ2) is 7.57. The van der Waals surface area contributed by atoms with Gasteiger partial charge < -0.3 is 20.1 Å². The highest BCUT2D eigenvalue weighted by molar-refractivity contribution is 6.00. The molecule has 168 valence electrons. The van der Waals surface area contributed by atoms with Crippen LogP contribution in [0.1, 0.15) is 35.7 Å². The van der Waals surface area contributed by atoms with E-state index in [1.54, 1.807) is 29.3 Å². The first kappa shape index (κ1) is 20.4. The molecule has 0 radical (unpaired) electrons. The summed E-state index contributed by atoms with van der Waals surface area (Å²) in [6, 6.07) is 4.42. The summed E-state index contributed by atoms with van der Waals surface area (Å²) in [4.78, 5) is 31.8. The van der Waals surface area contributed by atoms with E-state index in [2.05, 4.69) is 20.7 Å². The van der Waals surface area contributed by atoms with Crippen molar-refractivity contribution in [3.63, 3.8) is 0 Å². The van der Waals surface area contributed by atoms with Crippen LogP contribution in [0.5, 0.6) is 0 Å². The number of nitrogens with zero attached hydrogens (tertiary/aromatic N) is 5. The molecule has 3 aromatic rings. The third-order valence-corrected chi connectivity index (χ3v) is 5.87. The van der Waals surface area contributed by atoms with Crippen LogP contribution in [0.15, 0.2) is 35.4 Å². The van der Waals surface area contributed by atoms with Crippen LogP contribution in [0.3, 0.4) is 0 Å². The summed E-state index contributed by atoms with van der Waals surface area (Å²) in [7, 11) is 3.63. The Morgan fingerprint density at radius 1 is 1.25 bits per heavy atom. The number of pyridine rings is 1. The van der Waals surface area contributed by atoms with Gasteiger partial charge in [-0.3, -0.25) is 9.59 Å². The minimum absolute atomic E-state index is 0.154. The summed E-state index contributed by atoms with van der Waals surface area (Å²) in [5, 5.41) is 9.93. The van der Waals surface area contributed by atoms with Crippen LogP contribution in [0.2, 0.25) is 0 Å². The van der Waals surface area contributed by atoms with Crippen LogP contribution < -0.4 is 21.1 Å². The molecule has 2 atom stereocenters. The van der Waals surface area contributed by atoms with Gasteiger partial charge in [0.25, 0.3) is 11.5 Å². The number of hydrogen-bond acceptors (Lipinski definition) is 6. The topological polar surface area (TPSA) is 96.6 Å². The van der Waals surface area contributed by atoms with E-state index in [1.807, 2.05) is 14.1 Å². The Kier molecular flexibility index (Phi) is 4.83. The number of aromatic nitrogens is 4. The molecule has 2 N–H and O–H groups in total. The summed E-state index contributed by atoms with van der Waals surface area (Å²) in [6.07, 6.45) is 2.11. The lowest BCUT2D eigenvalue weighted by Gasteiger charge is -2.31. The number of fused-ring (bicyclic) bond motifs is 1. The maximum atomic E-state index is 13.3. The fourth-order valence-corrected chi connectivity index (χ4v) is 3.83. The SMILES string of the molecule is CN(C)c1cc(Nc2cccn(C3CC(F)C3)c2=O)nc2c(C(=O)N[C@@H]3C[C@@H]3F)cnn12. The molecular formula is C21H23F2N7O2. The normalized spacial score (nSPS) is 24.1. The van der Waals surface area contributed by atoms with Crippen molar-refractivity contribution in [2.45, 2.75) is 43.7 Å². The Hall–Kier alpha value is -3.50. The van der Waals surface area contributed by atoms with Crippen molar-refractivity contribution in [2.24, 2.45) is 0 Å². The number of anilines is 3. The summed E-state index contributed by atoms with van der Waals surface area (Å²) in [5.41, 5.74) is 0.513. The predicted molar refractivity (Wildman–Crippen MR) is 115 cm³/mol. The van der Waals surface area contributed by atoms with Crippen LogP contribution in [-0.2, 0) is 0 Å². The van der Waals surface area contributed by atoms with Crippen molar-refractivity contribution >= 4 is 28.9 Å². The molecule has 3 heterocycles. The van der Waals surface area contributed by atoms with Gasteiger partial charge in [-0.15, -0.1) is 0 Å². The van der Waals surface area contributed by atoms with Gasteiger partial charge in [-0.25, -0.2) is 13.8 Å². The molecule has 0 spiro atoms. The third kappa shape index (κ3) is 3.57. The molecule has 2 aliphatic carbocycles. The summed E-state index contributed by atoms with van der Waals surface area (Å²) in [6.45, 7) is 0. The number of hydrogen-bond donors (Lipinski definition) is 2. The number of carbonyl (C=O) groups is 1. The van der Waals surface area contributed by atoms with E-state index in [9.17, 15) is 18.4 Å². The Labute approximate surface area is 182 Å². The highest BCUT2D eigenvalue weighted by Gasteiger charge is 2.39. The average Bonchev–Trinajstić information content (AvgIpc) is 3.24. The van der Waals surface area contributed by atoms with Crippen LogP contribution >= 0.6 is 0 Å². The number of halogens is 2. The number of carbonyl (C=O) groups excluding carboxylic acids is 1. The zero-order valence-electron chi connectivity index (χ0n) is 17.6. The molecule has 11 heteroatoms. The van der Waals surface area contributed by atoms with E-state index >= 15 is 0 Å². The predicted octanol–water partition coefficient (Wildman–Crippen LogP) is 2.21. The molecule has 5 rings (SSSR count). The van der Waals surface area contributed by atoms with E-state index < -0.39 is 24.3 Å². The standard InChI is InChI=1S/C21H23F2N7O2/c1-28(2)18-9-17(25-15-4-3-5-29(21(15)32)12-6-11(22)7-12)27-19-13(10-24-30(18)19)20(31)26-16-8-14(16)23/h3-5,9-12,14,16H,6-8H2,1-2H3,(H,25,27)(H,26,31)/t11?,12?,14-,16+/m0/s1. The van der Waals surface area contributed by atoms with Gasteiger partial charge in [0, 0.05) is 38.8 Å². The molecule has 2 fully saturated rings. The molecule has 2 saturated carbocycles. The van der Waals surface area contributed by atoms with Crippen molar-refractivity contribution < 1.29 is 13.6 Å². The third-order valence-electron chi connectivity index (χ3n) is 5.87. The lowest BCUT2D eigenvalue weighted by Crippen LogP contribution is -2.35.